The highest BCUT2D eigenvalue weighted by atomic mass is 16.5. The van der Waals surface area contributed by atoms with E-state index in [1.165, 1.54) is 10.6 Å². The zero-order valence-corrected chi connectivity index (χ0v) is 14.7. The van der Waals surface area contributed by atoms with Gasteiger partial charge in [0.05, 0.1) is 0 Å². The van der Waals surface area contributed by atoms with Gasteiger partial charge in [-0.1, -0.05) is 30.8 Å². The molecule has 1 fully saturated rings. The van der Waals surface area contributed by atoms with Gasteiger partial charge in [0.1, 0.15) is 12.1 Å². The molecule has 2 heterocycles. The first-order valence-corrected chi connectivity index (χ1v) is 8.77. The number of aryl methyl sites for hydroxylation is 2. The SMILES string of the molecule is Cc1ccn(CC(=O)NC2(c3noc(C)n3)CCCCCC2)c(=O)c1. The molecule has 0 aliphatic heterocycles. The number of carbonyl (C=O) groups is 1. The number of hydrogen-bond donors (Lipinski definition) is 1. The molecule has 3 rings (SSSR count). The molecule has 1 amide bonds. The van der Waals surface area contributed by atoms with E-state index >= 15 is 0 Å². The summed E-state index contributed by atoms with van der Waals surface area (Å²) in [4.78, 5) is 29.1. The molecule has 0 bridgehead atoms. The van der Waals surface area contributed by atoms with Crippen molar-refractivity contribution in [2.75, 3.05) is 0 Å². The Kier molecular flexibility index (Phi) is 5.01. The molecule has 0 atom stereocenters. The van der Waals surface area contributed by atoms with Gasteiger partial charge in [-0.3, -0.25) is 9.59 Å². The van der Waals surface area contributed by atoms with Crippen molar-refractivity contribution in [3.63, 3.8) is 0 Å². The van der Waals surface area contributed by atoms with Crippen molar-refractivity contribution in [3.05, 3.63) is 46.0 Å². The number of pyridine rings is 1. The van der Waals surface area contributed by atoms with Crippen LogP contribution in [0, 0.1) is 13.8 Å². The van der Waals surface area contributed by atoms with E-state index < -0.39 is 5.54 Å². The Morgan fingerprint density at radius 3 is 2.60 bits per heavy atom. The first-order chi connectivity index (χ1) is 12.0. The average molecular weight is 344 g/mol. The van der Waals surface area contributed by atoms with Crippen molar-refractivity contribution >= 4 is 5.91 Å². The summed E-state index contributed by atoms with van der Waals surface area (Å²) < 4.78 is 6.56. The van der Waals surface area contributed by atoms with Crippen LogP contribution in [0.3, 0.4) is 0 Å². The number of carbonyl (C=O) groups excluding carboxylic acids is 1. The molecule has 2 aromatic rings. The Morgan fingerprint density at radius 1 is 1.28 bits per heavy atom. The molecular formula is C18H24N4O3. The lowest BCUT2D eigenvalue weighted by molar-refractivity contribution is -0.124. The number of aromatic nitrogens is 3. The third-order valence-corrected chi connectivity index (χ3v) is 4.76. The van der Waals surface area contributed by atoms with Gasteiger partial charge in [0.2, 0.25) is 11.8 Å². The van der Waals surface area contributed by atoms with Crippen LogP contribution < -0.4 is 10.9 Å². The molecule has 1 aliphatic rings. The molecule has 0 saturated heterocycles. The zero-order valence-electron chi connectivity index (χ0n) is 14.7. The van der Waals surface area contributed by atoms with Gasteiger partial charge in [0.15, 0.2) is 5.82 Å². The van der Waals surface area contributed by atoms with Crippen LogP contribution in [0.15, 0.2) is 27.6 Å². The smallest absolute Gasteiger partial charge is 0.251 e. The van der Waals surface area contributed by atoms with Gasteiger partial charge in [0.25, 0.3) is 5.56 Å². The first-order valence-electron chi connectivity index (χ1n) is 8.77. The van der Waals surface area contributed by atoms with Crippen molar-refractivity contribution in [1.82, 2.24) is 20.0 Å². The van der Waals surface area contributed by atoms with Gasteiger partial charge in [0, 0.05) is 19.2 Å². The molecule has 1 N–H and O–H groups in total. The minimum atomic E-state index is -0.611. The van der Waals surface area contributed by atoms with E-state index in [9.17, 15) is 9.59 Å². The highest BCUT2D eigenvalue weighted by Crippen LogP contribution is 2.34. The average Bonchev–Trinajstić information content (AvgIpc) is 2.86. The quantitative estimate of drug-likeness (QED) is 0.859. The molecule has 7 heteroatoms. The second-order valence-corrected chi connectivity index (χ2v) is 6.85. The van der Waals surface area contributed by atoms with Gasteiger partial charge in [-0.25, -0.2) is 0 Å². The molecule has 0 unspecified atom stereocenters. The summed E-state index contributed by atoms with van der Waals surface area (Å²) in [5, 5.41) is 7.18. The summed E-state index contributed by atoms with van der Waals surface area (Å²) in [6, 6.07) is 3.34. The van der Waals surface area contributed by atoms with Crippen molar-refractivity contribution in [2.24, 2.45) is 0 Å². The molecule has 1 saturated carbocycles. The van der Waals surface area contributed by atoms with E-state index in [1.807, 2.05) is 13.0 Å². The molecule has 7 nitrogen and oxygen atoms in total. The van der Waals surface area contributed by atoms with E-state index in [-0.39, 0.29) is 18.0 Å². The standard InChI is InChI=1S/C18H24N4O3/c1-13-7-10-22(16(24)11-13)12-15(23)20-18(8-5-3-4-6-9-18)17-19-14(2)25-21-17/h7,10-11H,3-6,8-9,12H2,1-2H3,(H,20,23). The first kappa shape index (κ1) is 17.4. The minimum absolute atomic E-state index is 0.0162. The van der Waals surface area contributed by atoms with Crippen LogP contribution in [0.1, 0.15) is 55.8 Å². The summed E-state index contributed by atoms with van der Waals surface area (Å²) in [6.45, 7) is 3.58. The van der Waals surface area contributed by atoms with Gasteiger partial charge < -0.3 is 14.4 Å². The summed E-state index contributed by atoms with van der Waals surface area (Å²) in [5.74, 6) is 0.814. The molecule has 0 radical (unpaired) electrons. The second kappa shape index (κ2) is 7.21. The monoisotopic (exact) mass is 344 g/mol. The maximum absolute atomic E-state index is 12.7. The number of hydrogen-bond acceptors (Lipinski definition) is 5. The molecule has 1 aliphatic carbocycles. The van der Waals surface area contributed by atoms with Gasteiger partial charge in [-0.05, 0) is 31.4 Å². The predicted octanol–water partition coefficient (Wildman–Crippen LogP) is 2.21. The fourth-order valence-corrected chi connectivity index (χ4v) is 3.43. The molecule has 0 spiro atoms. The van der Waals surface area contributed by atoms with Gasteiger partial charge >= 0.3 is 0 Å². The number of nitrogens with zero attached hydrogens (tertiary/aromatic N) is 3. The molecule has 134 valence electrons. The fourth-order valence-electron chi connectivity index (χ4n) is 3.43. The third-order valence-electron chi connectivity index (χ3n) is 4.76. The van der Waals surface area contributed by atoms with Crippen LogP contribution in [0.4, 0.5) is 0 Å². The van der Waals surface area contributed by atoms with Crippen LogP contribution in [0.25, 0.3) is 0 Å². The fraction of sp³-hybridized carbons (Fsp3) is 0.556. The normalized spacial score (nSPS) is 17.0. The van der Waals surface area contributed by atoms with E-state index in [1.54, 1.807) is 13.1 Å². The molecule has 25 heavy (non-hydrogen) atoms. The molecule has 2 aromatic heterocycles. The minimum Gasteiger partial charge on any atom is -0.342 e. The number of nitrogens with one attached hydrogen (secondary N) is 1. The lowest BCUT2D eigenvalue weighted by Crippen LogP contribution is -2.48. The Hall–Kier alpha value is -2.44. The summed E-state index contributed by atoms with van der Waals surface area (Å²) >= 11 is 0. The summed E-state index contributed by atoms with van der Waals surface area (Å²) in [7, 11) is 0. The highest BCUT2D eigenvalue weighted by Gasteiger charge is 2.38. The Labute approximate surface area is 146 Å². The van der Waals surface area contributed by atoms with Crippen LogP contribution in [0.2, 0.25) is 0 Å². The lowest BCUT2D eigenvalue weighted by atomic mass is 9.89. The van der Waals surface area contributed by atoms with Gasteiger partial charge in [-0.15, -0.1) is 0 Å². The largest absolute Gasteiger partial charge is 0.342 e. The Morgan fingerprint density at radius 2 is 2.00 bits per heavy atom. The Balaban J connectivity index is 1.82. The number of rotatable bonds is 4. The van der Waals surface area contributed by atoms with Crippen LogP contribution in [-0.4, -0.2) is 20.6 Å². The van der Waals surface area contributed by atoms with Crippen molar-refractivity contribution in [2.45, 2.75) is 64.5 Å². The summed E-state index contributed by atoms with van der Waals surface area (Å²) in [6.07, 6.45) is 7.46. The van der Waals surface area contributed by atoms with Crippen molar-refractivity contribution in [1.29, 1.82) is 0 Å². The Bertz CT molecular complexity index is 801. The lowest BCUT2D eigenvalue weighted by Gasteiger charge is -2.30. The zero-order chi connectivity index (χ0) is 17.9. The highest BCUT2D eigenvalue weighted by molar-refractivity contribution is 5.76. The van der Waals surface area contributed by atoms with E-state index in [2.05, 4.69) is 15.5 Å². The van der Waals surface area contributed by atoms with E-state index in [4.69, 9.17) is 4.52 Å². The van der Waals surface area contributed by atoms with Gasteiger partial charge in [-0.2, -0.15) is 4.98 Å². The second-order valence-electron chi connectivity index (χ2n) is 6.85. The maximum Gasteiger partial charge on any atom is 0.251 e. The van der Waals surface area contributed by atoms with E-state index in [0.29, 0.717) is 11.7 Å². The maximum atomic E-state index is 12.7. The third kappa shape index (κ3) is 3.97. The number of amides is 1. The predicted molar refractivity (Wildman–Crippen MR) is 92.0 cm³/mol. The van der Waals surface area contributed by atoms with Crippen molar-refractivity contribution < 1.29 is 9.32 Å². The van der Waals surface area contributed by atoms with Crippen LogP contribution in [-0.2, 0) is 16.9 Å². The van der Waals surface area contributed by atoms with Crippen LogP contribution in [0.5, 0.6) is 0 Å². The summed E-state index contributed by atoms with van der Waals surface area (Å²) in [5.41, 5.74) is 0.0873. The van der Waals surface area contributed by atoms with Crippen molar-refractivity contribution in [3.8, 4) is 0 Å². The van der Waals surface area contributed by atoms with Crippen LogP contribution >= 0.6 is 0 Å². The topological polar surface area (TPSA) is 90.0 Å². The molecule has 0 aromatic carbocycles. The van der Waals surface area contributed by atoms with E-state index in [0.717, 1.165) is 44.1 Å². The molecular weight excluding hydrogens is 320 g/mol.